The molecule has 2 rings (SSSR count). The maximum absolute atomic E-state index is 12.9. The third-order valence-corrected chi connectivity index (χ3v) is 3.99. The third-order valence-electron chi connectivity index (χ3n) is 3.99. The molecule has 1 atom stereocenters. The maximum atomic E-state index is 12.9. The zero-order valence-corrected chi connectivity index (χ0v) is 16.9. The van der Waals surface area contributed by atoms with Gasteiger partial charge in [0.15, 0.2) is 6.17 Å². The number of nitrogens with two attached hydrogens (primary N) is 1. The predicted molar refractivity (Wildman–Crippen MR) is 106 cm³/mol. The van der Waals surface area contributed by atoms with Crippen molar-refractivity contribution in [2.45, 2.75) is 32.5 Å². The summed E-state index contributed by atoms with van der Waals surface area (Å²) in [5, 5.41) is 0. The summed E-state index contributed by atoms with van der Waals surface area (Å²) in [6, 6.07) is 7.29. The van der Waals surface area contributed by atoms with E-state index in [9.17, 15) is 9.59 Å². The zero-order chi connectivity index (χ0) is 20.4. The van der Waals surface area contributed by atoms with Crippen LogP contribution in [-0.4, -0.2) is 73.6 Å². The minimum absolute atomic E-state index is 0.339. The fourth-order valence-corrected chi connectivity index (χ4v) is 2.64. The molecule has 0 spiro atoms. The van der Waals surface area contributed by atoms with Crippen molar-refractivity contribution < 1.29 is 14.3 Å². The number of anilines is 1. The van der Waals surface area contributed by atoms with Crippen molar-refractivity contribution in [1.82, 2.24) is 9.80 Å². The molecule has 8 nitrogen and oxygen atoms in total. The number of aliphatic imine (C=N–C) groups is 1. The van der Waals surface area contributed by atoms with Crippen LogP contribution in [0.2, 0.25) is 0 Å². The third kappa shape index (κ3) is 5.05. The summed E-state index contributed by atoms with van der Waals surface area (Å²) in [5.41, 5.74) is 6.64. The Hall–Kier alpha value is -2.45. The monoisotopic (exact) mass is 375 g/mol. The molecule has 0 saturated heterocycles. The highest BCUT2D eigenvalue weighted by Crippen LogP contribution is 2.26. The van der Waals surface area contributed by atoms with Crippen molar-refractivity contribution in [1.29, 1.82) is 0 Å². The molecule has 27 heavy (non-hydrogen) atoms. The molecule has 0 aliphatic carbocycles. The standard InChI is InChI=1S/C19H29N5O3/c1-19(2,3)27-18(26)24(12-11-22(4)5)16-13-9-7-8-10-14(13)23(6)17(25)15(20)21-16/h7-10,15H,11-12,20H2,1-6H3. The molecule has 1 unspecified atom stereocenters. The van der Waals surface area contributed by atoms with E-state index in [4.69, 9.17) is 10.5 Å². The van der Waals surface area contributed by atoms with Crippen molar-refractivity contribution >= 4 is 23.5 Å². The van der Waals surface area contributed by atoms with Gasteiger partial charge in [0, 0.05) is 25.7 Å². The van der Waals surface area contributed by atoms with Gasteiger partial charge in [0.2, 0.25) is 0 Å². The molecular formula is C19H29N5O3. The van der Waals surface area contributed by atoms with Gasteiger partial charge >= 0.3 is 6.09 Å². The van der Waals surface area contributed by atoms with E-state index in [0.29, 0.717) is 30.2 Å². The molecular weight excluding hydrogens is 346 g/mol. The Morgan fingerprint density at radius 2 is 1.89 bits per heavy atom. The lowest BCUT2D eigenvalue weighted by molar-refractivity contribution is -0.119. The summed E-state index contributed by atoms with van der Waals surface area (Å²) in [4.78, 5) is 34.7. The molecule has 148 valence electrons. The topological polar surface area (TPSA) is 91.5 Å². The number of amides is 2. The number of likely N-dealkylation sites (N-methyl/N-ethyl adjacent to an activating group) is 2. The molecule has 8 heteroatoms. The van der Waals surface area contributed by atoms with E-state index in [1.807, 2.05) is 37.2 Å². The molecule has 0 bridgehead atoms. The van der Waals surface area contributed by atoms with Gasteiger partial charge in [-0.2, -0.15) is 0 Å². The number of fused-ring (bicyclic) bond motifs is 1. The first kappa shape index (κ1) is 20.9. The summed E-state index contributed by atoms with van der Waals surface area (Å²) >= 11 is 0. The molecule has 2 amide bonds. The van der Waals surface area contributed by atoms with E-state index in [-0.39, 0.29) is 5.91 Å². The summed E-state index contributed by atoms with van der Waals surface area (Å²) in [5.74, 6) is 0.00102. The molecule has 1 aliphatic rings. The van der Waals surface area contributed by atoms with Gasteiger partial charge in [0.25, 0.3) is 5.91 Å². The Balaban J connectivity index is 2.54. The molecule has 0 radical (unpaired) electrons. The smallest absolute Gasteiger partial charge is 0.416 e. The maximum Gasteiger partial charge on any atom is 0.416 e. The number of benzodiazepines with no additional fused rings is 1. The summed E-state index contributed by atoms with van der Waals surface area (Å²) in [6.45, 7) is 6.36. The molecule has 2 N–H and O–H groups in total. The van der Waals surface area contributed by atoms with Gasteiger partial charge in [-0.3, -0.25) is 9.69 Å². The van der Waals surface area contributed by atoms with Crippen LogP contribution < -0.4 is 10.6 Å². The van der Waals surface area contributed by atoms with Gasteiger partial charge in [-0.05, 0) is 47.0 Å². The van der Waals surface area contributed by atoms with Crippen LogP contribution in [0.25, 0.3) is 0 Å². The molecule has 1 aromatic rings. The van der Waals surface area contributed by atoms with E-state index in [1.165, 1.54) is 9.80 Å². The number of carbonyl (C=O) groups is 2. The molecule has 0 fully saturated rings. The first-order valence-electron chi connectivity index (χ1n) is 8.87. The summed E-state index contributed by atoms with van der Waals surface area (Å²) in [7, 11) is 5.48. The van der Waals surface area contributed by atoms with E-state index >= 15 is 0 Å². The Morgan fingerprint density at radius 3 is 2.48 bits per heavy atom. The number of amidine groups is 1. The fourth-order valence-electron chi connectivity index (χ4n) is 2.64. The lowest BCUT2D eigenvalue weighted by Gasteiger charge is -2.29. The van der Waals surface area contributed by atoms with Crippen LogP contribution in [0.4, 0.5) is 10.5 Å². The number of ether oxygens (including phenoxy) is 1. The van der Waals surface area contributed by atoms with Gasteiger partial charge in [-0.25, -0.2) is 9.79 Å². The molecule has 0 aromatic heterocycles. The van der Waals surface area contributed by atoms with Crippen LogP contribution in [0.3, 0.4) is 0 Å². The van der Waals surface area contributed by atoms with Crippen LogP contribution in [0.15, 0.2) is 29.3 Å². The zero-order valence-electron chi connectivity index (χ0n) is 16.9. The number of hydrogen-bond acceptors (Lipinski definition) is 6. The number of carbonyl (C=O) groups excluding carboxylic acids is 2. The lowest BCUT2D eigenvalue weighted by Crippen LogP contribution is -2.45. The van der Waals surface area contributed by atoms with Crippen LogP contribution in [0.1, 0.15) is 26.3 Å². The SMILES string of the molecule is CN(C)CCN(C(=O)OC(C)(C)C)C1=NC(N)C(=O)N(C)c2ccccc21. The average Bonchev–Trinajstić information content (AvgIpc) is 2.65. The second-order valence-corrected chi connectivity index (χ2v) is 7.75. The second kappa shape index (κ2) is 8.06. The number of benzene rings is 1. The van der Waals surface area contributed by atoms with Gasteiger partial charge in [0.05, 0.1) is 5.69 Å². The highest BCUT2D eigenvalue weighted by Gasteiger charge is 2.33. The van der Waals surface area contributed by atoms with Crippen molar-refractivity contribution in [2.75, 3.05) is 39.1 Å². The Morgan fingerprint density at radius 1 is 1.26 bits per heavy atom. The number of para-hydroxylation sites is 1. The Labute approximate surface area is 160 Å². The normalized spacial score (nSPS) is 17.3. The van der Waals surface area contributed by atoms with Crippen LogP contribution in [0, 0.1) is 0 Å². The van der Waals surface area contributed by atoms with Crippen LogP contribution >= 0.6 is 0 Å². The van der Waals surface area contributed by atoms with Gasteiger partial charge in [-0.15, -0.1) is 0 Å². The lowest BCUT2D eigenvalue weighted by atomic mass is 10.1. The summed E-state index contributed by atoms with van der Waals surface area (Å²) in [6.07, 6.45) is -1.62. The predicted octanol–water partition coefficient (Wildman–Crippen LogP) is 1.49. The van der Waals surface area contributed by atoms with Crippen molar-refractivity contribution in [3.05, 3.63) is 29.8 Å². The highest BCUT2D eigenvalue weighted by atomic mass is 16.6. The molecule has 1 heterocycles. The van der Waals surface area contributed by atoms with E-state index in [0.717, 1.165) is 0 Å². The largest absolute Gasteiger partial charge is 0.443 e. The van der Waals surface area contributed by atoms with Gasteiger partial charge in [0.1, 0.15) is 11.4 Å². The van der Waals surface area contributed by atoms with E-state index in [1.54, 1.807) is 33.9 Å². The van der Waals surface area contributed by atoms with Gasteiger partial charge < -0.3 is 20.3 Å². The van der Waals surface area contributed by atoms with Crippen LogP contribution in [-0.2, 0) is 9.53 Å². The number of nitrogens with zero attached hydrogens (tertiary/aromatic N) is 4. The highest BCUT2D eigenvalue weighted by molar-refractivity contribution is 6.15. The van der Waals surface area contributed by atoms with Crippen molar-refractivity contribution in [2.24, 2.45) is 10.7 Å². The first-order valence-corrected chi connectivity index (χ1v) is 8.87. The Kier molecular flexibility index (Phi) is 6.22. The molecule has 1 aromatic carbocycles. The van der Waals surface area contributed by atoms with E-state index in [2.05, 4.69) is 4.99 Å². The average molecular weight is 375 g/mol. The van der Waals surface area contributed by atoms with E-state index < -0.39 is 17.9 Å². The number of hydrogen-bond donors (Lipinski definition) is 1. The second-order valence-electron chi connectivity index (χ2n) is 7.75. The molecule has 1 aliphatic heterocycles. The Bertz CT molecular complexity index is 739. The van der Waals surface area contributed by atoms with Gasteiger partial charge in [-0.1, -0.05) is 12.1 Å². The quantitative estimate of drug-likeness (QED) is 0.864. The molecule has 0 saturated carbocycles. The first-order chi connectivity index (χ1) is 12.5. The number of rotatable bonds is 3. The van der Waals surface area contributed by atoms with Crippen LogP contribution in [0.5, 0.6) is 0 Å². The minimum Gasteiger partial charge on any atom is -0.443 e. The van der Waals surface area contributed by atoms with Crippen molar-refractivity contribution in [3.63, 3.8) is 0 Å². The summed E-state index contributed by atoms with van der Waals surface area (Å²) < 4.78 is 5.58. The minimum atomic E-state index is -1.10. The van der Waals surface area contributed by atoms with Crippen molar-refractivity contribution in [3.8, 4) is 0 Å². The fraction of sp³-hybridized carbons (Fsp3) is 0.526.